The fourth-order valence-corrected chi connectivity index (χ4v) is 6.04. The molecule has 0 bridgehead atoms. The maximum Gasteiger partial charge on any atom is 0.252 e. The SMILES string of the molecule is CCCC(c1nnnn1CCc1ccccc1)N(Cc1cc2cc3c(cc2[nH]c1=O)OCCO3)C1CCCC1. The number of nitrogens with one attached hydrogen (secondary N) is 1. The summed E-state index contributed by atoms with van der Waals surface area (Å²) in [6.45, 7) is 4.50. The summed E-state index contributed by atoms with van der Waals surface area (Å²) in [4.78, 5) is 18.9. The number of hydrogen-bond donors (Lipinski definition) is 1. The molecule has 0 saturated heterocycles. The topological polar surface area (TPSA) is 98.2 Å². The lowest BCUT2D eigenvalue weighted by Crippen LogP contribution is -2.39. The molecule has 0 spiro atoms. The number of aromatic nitrogens is 5. The van der Waals surface area contributed by atoms with Crippen LogP contribution in [0.2, 0.25) is 0 Å². The lowest BCUT2D eigenvalue weighted by molar-refractivity contribution is 0.108. The van der Waals surface area contributed by atoms with Crippen LogP contribution in [0.25, 0.3) is 10.9 Å². The third kappa shape index (κ3) is 5.54. The van der Waals surface area contributed by atoms with Crippen molar-refractivity contribution in [3.63, 3.8) is 0 Å². The van der Waals surface area contributed by atoms with E-state index in [0.29, 0.717) is 31.5 Å². The highest BCUT2D eigenvalue weighted by Gasteiger charge is 2.33. The van der Waals surface area contributed by atoms with Gasteiger partial charge in [0.05, 0.1) is 11.6 Å². The first-order valence-corrected chi connectivity index (χ1v) is 14.2. The van der Waals surface area contributed by atoms with E-state index >= 15 is 0 Å². The van der Waals surface area contributed by atoms with E-state index in [2.05, 4.69) is 56.6 Å². The number of H-pyrrole nitrogens is 1. The van der Waals surface area contributed by atoms with Crippen molar-refractivity contribution in [2.75, 3.05) is 13.2 Å². The Balaban J connectivity index is 1.32. The molecule has 1 atom stereocenters. The van der Waals surface area contributed by atoms with Gasteiger partial charge in [0.2, 0.25) is 0 Å². The summed E-state index contributed by atoms with van der Waals surface area (Å²) in [6.07, 6.45) is 7.43. The highest BCUT2D eigenvalue weighted by molar-refractivity contribution is 5.83. The number of pyridine rings is 1. The van der Waals surface area contributed by atoms with Gasteiger partial charge in [-0.1, -0.05) is 56.5 Å². The predicted octanol–water partition coefficient (Wildman–Crippen LogP) is 4.81. The van der Waals surface area contributed by atoms with E-state index in [-0.39, 0.29) is 11.6 Å². The van der Waals surface area contributed by atoms with E-state index in [9.17, 15) is 4.79 Å². The molecule has 1 N–H and O–H groups in total. The van der Waals surface area contributed by atoms with Crippen molar-refractivity contribution < 1.29 is 9.47 Å². The molecule has 1 aliphatic heterocycles. The summed E-state index contributed by atoms with van der Waals surface area (Å²) >= 11 is 0. The molecule has 3 heterocycles. The molecule has 1 fully saturated rings. The second-order valence-corrected chi connectivity index (χ2v) is 10.6. The van der Waals surface area contributed by atoms with Crippen molar-refractivity contribution >= 4 is 10.9 Å². The Morgan fingerprint density at radius 3 is 2.62 bits per heavy atom. The largest absolute Gasteiger partial charge is 0.486 e. The van der Waals surface area contributed by atoms with Crippen LogP contribution in [0, 0.1) is 0 Å². The molecule has 2 aromatic carbocycles. The summed E-state index contributed by atoms with van der Waals surface area (Å²) in [5, 5.41) is 14.0. The van der Waals surface area contributed by atoms with Gasteiger partial charge in [0.1, 0.15) is 13.2 Å². The van der Waals surface area contributed by atoms with E-state index in [4.69, 9.17) is 9.47 Å². The molecule has 9 heteroatoms. The van der Waals surface area contributed by atoms with Crippen molar-refractivity contribution in [2.45, 2.75) is 77.0 Å². The number of tetrazole rings is 1. The van der Waals surface area contributed by atoms with Gasteiger partial charge in [0.25, 0.3) is 5.56 Å². The molecular weight excluding hydrogens is 492 g/mol. The monoisotopic (exact) mass is 528 g/mol. The third-order valence-electron chi connectivity index (χ3n) is 8.01. The zero-order chi connectivity index (χ0) is 26.6. The van der Waals surface area contributed by atoms with Gasteiger partial charge < -0.3 is 14.5 Å². The number of hydrogen-bond acceptors (Lipinski definition) is 7. The van der Waals surface area contributed by atoms with Crippen LogP contribution >= 0.6 is 0 Å². The van der Waals surface area contributed by atoms with Crippen LogP contribution in [0.5, 0.6) is 11.5 Å². The Hall–Kier alpha value is -3.72. The maximum atomic E-state index is 13.3. The summed E-state index contributed by atoms with van der Waals surface area (Å²) in [5.74, 6) is 2.28. The van der Waals surface area contributed by atoms with Gasteiger partial charge in [-0.3, -0.25) is 9.69 Å². The summed E-state index contributed by atoms with van der Waals surface area (Å²) in [6, 6.07) is 16.7. The van der Waals surface area contributed by atoms with Crippen LogP contribution in [-0.2, 0) is 19.5 Å². The van der Waals surface area contributed by atoms with Crippen molar-refractivity contribution in [3.05, 3.63) is 75.8 Å². The number of nitrogens with zero attached hydrogens (tertiary/aromatic N) is 5. The Labute approximate surface area is 228 Å². The zero-order valence-corrected chi connectivity index (χ0v) is 22.5. The van der Waals surface area contributed by atoms with Gasteiger partial charge in [0.15, 0.2) is 17.3 Å². The minimum absolute atomic E-state index is 0.0271. The first kappa shape index (κ1) is 25.6. The zero-order valence-electron chi connectivity index (χ0n) is 22.5. The summed E-state index contributed by atoms with van der Waals surface area (Å²) in [5.41, 5.74) is 2.70. The van der Waals surface area contributed by atoms with Gasteiger partial charge in [-0.2, -0.15) is 0 Å². The van der Waals surface area contributed by atoms with Gasteiger partial charge in [-0.25, -0.2) is 4.68 Å². The Morgan fingerprint density at radius 1 is 1.08 bits per heavy atom. The average molecular weight is 529 g/mol. The van der Waals surface area contributed by atoms with Crippen LogP contribution in [0.15, 0.2) is 53.3 Å². The molecule has 2 aromatic heterocycles. The normalized spacial score (nSPS) is 16.3. The minimum atomic E-state index is -0.0684. The lowest BCUT2D eigenvalue weighted by atomic mass is 10.0. The first-order chi connectivity index (χ1) is 19.2. The molecule has 2 aliphatic rings. The molecule has 39 heavy (non-hydrogen) atoms. The van der Waals surface area contributed by atoms with Gasteiger partial charge in [0, 0.05) is 36.1 Å². The fourth-order valence-electron chi connectivity index (χ4n) is 6.04. The van der Waals surface area contributed by atoms with Crippen molar-refractivity contribution in [1.29, 1.82) is 0 Å². The van der Waals surface area contributed by atoms with E-state index in [1.807, 2.05) is 28.9 Å². The Bertz CT molecular complexity index is 1460. The number of ether oxygens (including phenoxy) is 2. The molecule has 4 aromatic rings. The number of fused-ring (bicyclic) bond motifs is 2. The van der Waals surface area contributed by atoms with Gasteiger partial charge >= 0.3 is 0 Å². The number of rotatable bonds is 10. The number of aryl methyl sites for hydroxylation is 2. The standard InChI is InChI=1S/C30H36N6O3/c1-2-8-26(29-32-33-34-36(29)14-13-21-9-4-3-5-10-21)35(24-11-6-7-12-24)20-23-17-22-18-27-28(39-16-15-38-27)19-25(22)31-30(23)37/h3-5,9-10,17-19,24,26H,2,6-8,11-16,20H2,1H3,(H,31,37). The van der Waals surface area contributed by atoms with Gasteiger partial charge in [-0.15, -0.1) is 5.10 Å². The fraction of sp³-hybridized carbons (Fsp3) is 0.467. The van der Waals surface area contributed by atoms with Crippen molar-refractivity contribution in [3.8, 4) is 11.5 Å². The third-order valence-corrected chi connectivity index (χ3v) is 8.01. The molecule has 0 amide bonds. The molecule has 1 aliphatic carbocycles. The average Bonchev–Trinajstić information content (AvgIpc) is 3.66. The molecular formula is C30H36N6O3. The quantitative estimate of drug-likeness (QED) is 0.315. The number of aromatic amines is 1. The highest BCUT2D eigenvalue weighted by atomic mass is 16.6. The second-order valence-electron chi connectivity index (χ2n) is 10.6. The van der Waals surface area contributed by atoms with Crippen LogP contribution in [0.3, 0.4) is 0 Å². The summed E-state index contributed by atoms with van der Waals surface area (Å²) < 4.78 is 13.5. The first-order valence-electron chi connectivity index (χ1n) is 14.2. The highest BCUT2D eigenvalue weighted by Crippen LogP contribution is 2.36. The smallest absolute Gasteiger partial charge is 0.252 e. The van der Waals surface area contributed by atoms with Crippen molar-refractivity contribution in [2.24, 2.45) is 0 Å². The molecule has 204 valence electrons. The Kier molecular flexibility index (Phi) is 7.58. The van der Waals surface area contributed by atoms with E-state index < -0.39 is 0 Å². The van der Waals surface area contributed by atoms with Crippen LogP contribution < -0.4 is 15.0 Å². The summed E-state index contributed by atoms with van der Waals surface area (Å²) in [7, 11) is 0. The minimum Gasteiger partial charge on any atom is -0.486 e. The van der Waals surface area contributed by atoms with E-state index in [1.54, 1.807) is 0 Å². The molecule has 1 saturated carbocycles. The van der Waals surface area contributed by atoms with Crippen molar-refractivity contribution in [1.82, 2.24) is 30.1 Å². The van der Waals surface area contributed by atoms with E-state index in [0.717, 1.165) is 66.7 Å². The molecule has 6 rings (SSSR count). The predicted molar refractivity (Wildman–Crippen MR) is 149 cm³/mol. The lowest BCUT2D eigenvalue weighted by Gasteiger charge is -2.35. The Morgan fingerprint density at radius 2 is 1.85 bits per heavy atom. The molecule has 1 unspecified atom stereocenters. The van der Waals surface area contributed by atoms with Crippen LogP contribution in [0.4, 0.5) is 0 Å². The van der Waals surface area contributed by atoms with Gasteiger partial charge in [-0.05, 0) is 53.8 Å². The maximum absolute atomic E-state index is 13.3. The van der Waals surface area contributed by atoms with Crippen LogP contribution in [0.1, 0.15) is 68.4 Å². The second kappa shape index (κ2) is 11.6. The molecule has 0 radical (unpaired) electrons. The van der Waals surface area contributed by atoms with E-state index in [1.165, 1.54) is 18.4 Å². The number of benzene rings is 2. The molecule has 9 nitrogen and oxygen atoms in total. The van der Waals surface area contributed by atoms with Crippen LogP contribution in [-0.4, -0.2) is 49.3 Å².